The van der Waals surface area contributed by atoms with E-state index in [1.54, 1.807) is 15.3 Å². The van der Waals surface area contributed by atoms with Crippen molar-refractivity contribution in [2.24, 2.45) is 11.8 Å². The lowest BCUT2D eigenvalue weighted by Gasteiger charge is -2.34. The fourth-order valence-corrected chi connectivity index (χ4v) is 4.52. The lowest BCUT2D eigenvalue weighted by molar-refractivity contribution is -0.134. The van der Waals surface area contributed by atoms with Crippen LogP contribution >= 0.6 is 0 Å². The summed E-state index contributed by atoms with van der Waals surface area (Å²) in [7, 11) is 0. The largest absolute Gasteiger partial charge is 0.347 e. The summed E-state index contributed by atoms with van der Waals surface area (Å²) < 4.78 is 29.5. The lowest BCUT2D eigenvalue weighted by atomic mass is 9.79. The molecular formula is C23H28F2N8O2. The topological polar surface area (TPSA) is 119 Å². The maximum atomic E-state index is 13.1. The quantitative estimate of drug-likeness (QED) is 0.480. The minimum Gasteiger partial charge on any atom is -0.347 e. The zero-order chi connectivity index (χ0) is 24.7. The third-order valence-corrected chi connectivity index (χ3v) is 6.47. The molecule has 2 N–H and O–H groups in total. The first kappa shape index (κ1) is 23.3. The molecule has 2 saturated carbocycles. The molecule has 2 aliphatic carbocycles. The van der Waals surface area contributed by atoms with Gasteiger partial charge < -0.3 is 10.6 Å². The Morgan fingerprint density at radius 2 is 2.00 bits per heavy atom. The minimum atomic E-state index is -2.63. The molecule has 12 heteroatoms. The van der Waals surface area contributed by atoms with Gasteiger partial charge in [0.1, 0.15) is 6.33 Å². The third-order valence-electron chi connectivity index (χ3n) is 6.47. The van der Waals surface area contributed by atoms with Gasteiger partial charge in [0.2, 0.25) is 23.4 Å². The molecule has 2 aliphatic rings. The molecule has 35 heavy (non-hydrogen) atoms. The summed E-state index contributed by atoms with van der Waals surface area (Å²) in [5, 5.41) is 9.89. The second kappa shape index (κ2) is 8.97. The molecule has 0 bridgehead atoms. The molecule has 2 amide bonds. The molecule has 0 saturated heterocycles. The van der Waals surface area contributed by atoms with Crippen LogP contribution in [0.5, 0.6) is 0 Å². The van der Waals surface area contributed by atoms with Gasteiger partial charge >= 0.3 is 0 Å². The number of fused-ring (bicyclic) bond motifs is 1. The highest BCUT2D eigenvalue weighted by atomic mass is 19.3. The zero-order valence-corrected chi connectivity index (χ0v) is 19.6. The van der Waals surface area contributed by atoms with Crippen LogP contribution in [-0.2, 0) is 11.3 Å². The second-order valence-corrected chi connectivity index (χ2v) is 9.81. The number of nitrogens with zero attached hydrogens (tertiary/aromatic N) is 6. The van der Waals surface area contributed by atoms with E-state index in [0.717, 1.165) is 12.8 Å². The Morgan fingerprint density at radius 1 is 1.23 bits per heavy atom. The highest BCUT2D eigenvalue weighted by molar-refractivity contribution is 5.90. The van der Waals surface area contributed by atoms with Crippen molar-refractivity contribution >= 4 is 17.6 Å². The average molecular weight is 487 g/mol. The molecule has 0 radical (unpaired) electrons. The smallest absolute Gasteiger partial charge is 0.289 e. The summed E-state index contributed by atoms with van der Waals surface area (Å²) in [6.45, 7) is 4.02. The Hall–Kier alpha value is -3.44. The van der Waals surface area contributed by atoms with Crippen molar-refractivity contribution in [2.75, 3.05) is 0 Å². The van der Waals surface area contributed by atoms with Crippen LogP contribution in [0.4, 0.5) is 8.78 Å². The molecule has 186 valence electrons. The molecule has 1 atom stereocenters. The van der Waals surface area contributed by atoms with Gasteiger partial charge in [-0.1, -0.05) is 0 Å². The summed E-state index contributed by atoms with van der Waals surface area (Å²) in [4.78, 5) is 38.2. The molecular weight excluding hydrogens is 458 g/mol. The standard InChI is InChI=1S/C23H28F2N8O2/c1-13(2)33-20(27-12-28-33)21(35)26-10-16-11-32-6-5-17(30-22(32)29-16)19(15-3-4-15)31-18(34)7-14-8-23(24,25)9-14/h5-6,11-15,19H,3-4,7-10H2,1-2H3,(H,26,35)(H,31,34). The van der Waals surface area contributed by atoms with Crippen molar-refractivity contribution in [2.45, 2.75) is 70.5 Å². The van der Waals surface area contributed by atoms with E-state index in [4.69, 9.17) is 0 Å². The van der Waals surface area contributed by atoms with Gasteiger partial charge in [0.25, 0.3) is 5.91 Å². The van der Waals surface area contributed by atoms with E-state index in [9.17, 15) is 18.4 Å². The fourth-order valence-electron chi connectivity index (χ4n) is 4.52. The number of alkyl halides is 2. The number of imidazole rings is 1. The molecule has 0 aliphatic heterocycles. The molecule has 2 fully saturated rings. The van der Waals surface area contributed by atoms with Gasteiger partial charge in [-0.2, -0.15) is 5.10 Å². The number of amides is 2. The van der Waals surface area contributed by atoms with E-state index >= 15 is 0 Å². The predicted octanol–water partition coefficient (Wildman–Crippen LogP) is 2.83. The van der Waals surface area contributed by atoms with Gasteiger partial charge in [0.05, 0.1) is 24.0 Å². The van der Waals surface area contributed by atoms with E-state index in [1.807, 2.05) is 26.1 Å². The minimum absolute atomic E-state index is 0.00522. The van der Waals surface area contributed by atoms with Gasteiger partial charge in [0.15, 0.2) is 0 Å². The molecule has 10 nitrogen and oxygen atoms in total. The number of carbonyl (C=O) groups is 2. The van der Waals surface area contributed by atoms with E-state index in [0.29, 0.717) is 17.2 Å². The summed E-state index contributed by atoms with van der Waals surface area (Å²) in [5.74, 6) is -2.48. The normalized spacial score (nSPS) is 18.4. The van der Waals surface area contributed by atoms with Gasteiger partial charge in [-0.25, -0.2) is 28.4 Å². The van der Waals surface area contributed by atoms with Gasteiger partial charge in [-0.3, -0.25) is 14.0 Å². The predicted molar refractivity (Wildman–Crippen MR) is 120 cm³/mol. The Bertz CT molecular complexity index is 1240. The maximum absolute atomic E-state index is 13.1. The Labute approximate surface area is 200 Å². The van der Waals surface area contributed by atoms with Crippen molar-refractivity contribution in [3.05, 3.63) is 42.0 Å². The molecule has 3 aromatic heterocycles. The number of nitrogens with one attached hydrogen (secondary N) is 2. The van der Waals surface area contributed by atoms with Crippen LogP contribution in [0.25, 0.3) is 5.78 Å². The van der Waals surface area contributed by atoms with Crippen LogP contribution in [-0.4, -0.2) is 46.9 Å². The monoisotopic (exact) mass is 486 g/mol. The molecule has 3 aromatic rings. The second-order valence-electron chi connectivity index (χ2n) is 9.81. The number of aromatic nitrogens is 6. The summed E-state index contributed by atoms with van der Waals surface area (Å²) >= 11 is 0. The molecule has 5 rings (SSSR count). The number of rotatable bonds is 9. The van der Waals surface area contributed by atoms with Crippen molar-refractivity contribution in [3.63, 3.8) is 0 Å². The molecule has 3 heterocycles. The van der Waals surface area contributed by atoms with Crippen LogP contribution in [0.3, 0.4) is 0 Å². The maximum Gasteiger partial charge on any atom is 0.289 e. The highest BCUT2D eigenvalue weighted by Crippen LogP contribution is 2.44. The first-order valence-corrected chi connectivity index (χ1v) is 11.9. The number of hydrogen-bond acceptors (Lipinski definition) is 6. The SMILES string of the molecule is CC(C)n1ncnc1C(=O)NCc1cn2ccc(C(NC(=O)CC3CC(F)(F)C3)C3CC3)nc2n1. The summed E-state index contributed by atoms with van der Waals surface area (Å²) in [6.07, 6.45) is 6.57. The van der Waals surface area contributed by atoms with Crippen molar-refractivity contribution in [1.82, 2.24) is 39.8 Å². The van der Waals surface area contributed by atoms with Crippen molar-refractivity contribution < 1.29 is 18.4 Å². The van der Waals surface area contributed by atoms with Crippen LogP contribution in [0, 0.1) is 11.8 Å². The van der Waals surface area contributed by atoms with E-state index < -0.39 is 5.92 Å². The Balaban J connectivity index is 1.24. The summed E-state index contributed by atoms with van der Waals surface area (Å²) in [5.41, 5.74) is 1.31. The molecule has 0 spiro atoms. The first-order valence-electron chi connectivity index (χ1n) is 11.9. The number of hydrogen-bond donors (Lipinski definition) is 2. The molecule has 0 aromatic carbocycles. The van der Waals surface area contributed by atoms with Gasteiger partial charge in [0, 0.05) is 37.7 Å². The fraction of sp³-hybridized carbons (Fsp3) is 0.565. The van der Waals surface area contributed by atoms with Gasteiger partial charge in [-0.05, 0) is 44.6 Å². The highest BCUT2D eigenvalue weighted by Gasteiger charge is 2.46. The van der Waals surface area contributed by atoms with E-state index in [2.05, 4.69) is 30.7 Å². The average Bonchev–Trinajstić information content (AvgIpc) is 3.34. The van der Waals surface area contributed by atoms with Crippen molar-refractivity contribution in [3.8, 4) is 0 Å². The van der Waals surface area contributed by atoms with E-state index in [1.165, 1.54) is 6.33 Å². The van der Waals surface area contributed by atoms with Crippen LogP contribution in [0.1, 0.15) is 80.0 Å². The Kier molecular flexibility index (Phi) is 5.97. The van der Waals surface area contributed by atoms with Crippen LogP contribution in [0.15, 0.2) is 24.8 Å². The van der Waals surface area contributed by atoms with Crippen LogP contribution in [0.2, 0.25) is 0 Å². The number of carbonyl (C=O) groups excluding carboxylic acids is 2. The van der Waals surface area contributed by atoms with Crippen molar-refractivity contribution in [1.29, 1.82) is 0 Å². The molecule has 1 unspecified atom stereocenters. The van der Waals surface area contributed by atoms with E-state index in [-0.39, 0.29) is 67.4 Å². The first-order chi connectivity index (χ1) is 16.7. The zero-order valence-electron chi connectivity index (χ0n) is 19.6. The lowest BCUT2D eigenvalue weighted by Crippen LogP contribution is -2.39. The third kappa shape index (κ3) is 5.15. The Morgan fingerprint density at radius 3 is 2.69 bits per heavy atom. The van der Waals surface area contributed by atoms with Crippen LogP contribution < -0.4 is 10.6 Å². The number of halogens is 2. The van der Waals surface area contributed by atoms with Gasteiger partial charge in [-0.15, -0.1) is 0 Å². The summed E-state index contributed by atoms with van der Waals surface area (Å²) in [6, 6.07) is 1.57.